The summed E-state index contributed by atoms with van der Waals surface area (Å²) in [5.74, 6) is 0.210. The van der Waals surface area contributed by atoms with Crippen LogP contribution in [0.1, 0.15) is 11.1 Å². The SMILES string of the molecule is COC(=O)N/N=C/c1ccccc1OCc1ccccc1F. The van der Waals surface area contributed by atoms with Gasteiger partial charge in [-0.15, -0.1) is 0 Å². The molecule has 0 saturated carbocycles. The standard InChI is InChI=1S/C16H15FN2O3/c1-21-16(20)19-18-10-12-6-3-5-9-15(12)22-11-13-7-2-4-8-14(13)17/h2-10H,11H2,1H3,(H,19,20)/b18-10+. The summed E-state index contributed by atoms with van der Waals surface area (Å²) in [6.45, 7) is 0.0992. The van der Waals surface area contributed by atoms with Crippen LogP contribution in [0.15, 0.2) is 53.6 Å². The summed E-state index contributed by atoms with van der Waals surface area (Å²) in [5, 5.41) is 3.74. The number of hydrogen-bond donors (Lipinski definition) is 1. The van der Waals surface area contributed by atoms with Crippen molar-refractivity contribution in [2.24, 2.45) is 5.10 Å². The molecule has 0 heterocycles. The van der Waals surface area contributed by atoms with Crippen LogP contribution < -0.4 is 10.2 Å². The number of rotatable bonds is 5. The van der Waals surface area contributed by atoms with E-state index in [0.29, 0.717) is 16.9 Å². The van der Waals surface area contributed by atoms with Gasteiger partial charge < -0.3 is 9.47 Å². The first-order chi connectivity index (χ1) is 10.7. The predicted octanol–water partition coefficient (Wildman–Crippen LogP) is 3.09. The Hall–Kier alpha value is -2.89. The van der Waals surface area contributed by atoms with Crippen molar-refractivity contribution in [2.75, 3.05) is 7.11 Å². The molecule has 1 amide bonds. The van der Waals surface area contributed by atoms with E-state index in [-0.39, 0.29) is 12.4 Å². The maximum absolute atomic E-state index is 13.6. The van der Waals surface area contributed by atoms with Crippen LogP contribution in [0.25, 0.3) is 0 Å². The molecule has 0 bridgehead atoms. The number of hydrogen-bond acceptors (Lipinski definition) is 4. The summed E-state index contributed by atoms with van der Waals surface area (Å²) in [4.78, 5) is 10.9. The Morgan fingerprint density at radius 1 is 1.23 bits per heavy atom. The summed E-state index contributed by atoms with van der Waals surface area (Å²) >= 11 is 0. The molecular weight excluding hydrogens is 287 g/mol. The largest absolute Gasteiger partial charge is 0.488 e. The summed E-state index contributed by atoms with van der Waals surface area (Å²) in [7, 11) is 1.25. The zero-order valence-electron chi connectivity index (χ0n) is 12.0. The van der Waals surface area contributed by atoms with Crippen molar-refractivity contribution in [3.8, 4) is 5.75 Å². The highest BCUT2D eigenvalue weighted by molar-refractivity contribution is 5.84. The van der Waals surface area contributed by atoms with E-state index in [1.807, 2.05) is 0 Å². The van der Waals surface area contributed by atoms with Crippen molar-refractivity contribution < 1.29 is 18.7 Å². The first kappa shape index (κ1) is 15.5. The molecule has 0 atom stereocenters. The zero-order chi connectivity index (χ0) is 15.8. The number of hydrazone groups is 1. The number of nitrogens with zero attached hydrogens (tertiary/aromatic N) is 1. The summed E-state index contributed by atoms with van der Waals surface area (Å²) in [5.41, 5.74) is 3.29. The van der Waals surface area contributed by atoms with Gasteiger partial charge in [0.15, 0.2) is 0 Å². The highest BCUT2D eigenvalue weighted by Crippen LogP contribution is 2.18. The normalized spacial score (nSPS) is 10.5. The lowest BCUT2D eigenvalue weighted by molar-refractivity contribution is 0.171. The smallest absolute Gasteiger partial charge is 0.427 e. The fourth-order valence-electron chi connectivity index (χ4n) is 1.69. The van der Waals surface area contributed by atoms with Gasteiger partial charge in [0.2, 0.25) is 0 Å². The Morgan fingerprint density at radius 2 is 1.95 bits per heavy atom. The molecular formula is C16H15FN2O3. The van der Waals surface area contributed by atoms with Crippen molar-refractivity contribution >= 4 is 12.3 Å². The minimum Gasteiger partial charge on any atom is -0.488 e. The Bertz CT molecular complexity index is 674. The molecule has 0 unspecified atom stereocenters. The Balaban J connectivity index is 2.05. The number of carbonyl (C=O) groups excluding carboxylic acids is 1. The molecule has 0 aromatic heterocycles. The minimum atomic E-state index is -0.666. The lowest BCUT2D eigenvalue weighted by Crippen LogP contribution is -2.16. The summed E-state index contributed by atoms with van der Waals surface area (Å²) < 4.78 is 23.6. The average Bonchev–Trinajstić information content (AvgIpc) is 2.55. The first-order valence-corrected chi connectivity index (χ1v) is 6.53. The molecule has 0 fully saturated rings. The molecule has 22 heavy (non-hydrogen) atoms. The van der Waals surface area contributed by atoms with Crippen LogP contribution in [0.2, 0.25) is 0 Å². The second-order valence-electron chi connectivity index (χ2n) is 4.28. The molecule has 0 spiro atoms. The molecule has 2 aromatic carbocycles. The molecule has 114 valence electrons. The van der Waals surface area contributed by atoms with Gasteiger partial charge in [-0.3, -0.25) is 0 Å². The summed E-state index contributed by atoms with van der Waals surface area (Å²) in [6, 6.07) is 13.5. The quantitative estimate of drug-likeness (QED) is 0.682. The Labute approximate surface area is 127 Å². The number of para-hydroxylation sites is 1. The van der Waals surface area contributed by atoms with Gasteiger partial charge in [-0.1, -0.05) is 30.3 Å². The molecule has 0 radical (unpaired) electrons. The molecule has 6 heteroatoms. The van der Waals surface area contributed by atoms with E-state index in [2.05, 4.69) is 15.3 Å². The number of nitrogens with one attached hydrogen (secondary N) is 1. The van der Waals surface area contributed by atoms with Crippen molar-refractivity contribution in [1.82, 2.24) is 5.43 Å². The molecule has 0 aliphatic rings. The van der Waals surface area contributed by atoms with Crippen molar-refractivity contribution in [3.05, 3.63) is 65.5 Å². The maximum Gasteiger partial charge on any atom is 0.427 e. The van der Waals surface area contributed by atoms with E-state index in [9.17, 15) is 9.18 Å². The van der Waals surface area contributed by atoms with E-state index < -0.39 is 6.09 Å². The third kappa shape index (κ3) is 4.31. The van der Waals surface area contributed by atoms with Gasteiger partial charge >= 0.3 is 6.09 Å². The van der Waals surface area contributed by atoms with Crippen LogP contribution in [0.4, 0.5) is 9.18 Å². The van der Waals surface area contributed by atoms with Crippen molar-refractivity contribution in [3.63, 3.8) is 0 Å². The van der Waals surface area contributed by atoms with E-state index >= 15 is 0 Å². The van der Waals surface area contributed by atoms with Gasteiger partial charge in [0.25, 0.3) is 0 Å². The zero-order valence-corrected chi connectivity index (χ0v) is 12.0. The second-order valence-corrected chi connectivity index (χ2v) is 4.28. The highest BCUT2D eigenvalue weighted by Gasteiger charge is 2.04. The van der Waals surface area contributed by atoms with E-state index in [1.165, 1.54) is 19.4 Å². The number of ether oxygens (including phenoxy) is 2. The van der Waals surface area contributed by atoms with Crippen LogP contribution in [0.5, 0.6) is 5.75 Å². The van der Waals surface area contributed by atoms with Crippen LogP contribution in [-0.4, -0.2) is 19.4 Å². The molecule has 2 aromatic rings. The predicted molar refractivity (Wildman–Crippen MR) is 80.3 cm³/mol. The molecule has 0 saturated heterocycles. The fourth-order valence-corrected chi connectivity index (χ4v) is 1.69. The van der Waals surface area contributed by atoms with E-state index in [0.717, 1.165) is 0 Å². The maximum atomic E-state index is 13.6. The first-order valence-electron chi connectivity index (χ1n) is 6.53. The number of benzene rings is 2. The highest BCUT2D eigenvalue weighted by atomic mass is 19.1. The fraction of sp³-hybridized carbons (Fsp3) is 0.125. The van der Waals surface area contributed by atoms with Crippen molar-refractivity contribution in [2.45, 2.75) is 6.61 Å². The van der Waals surface area contributed by atoms with Crippen LogP contribution in [-0.2, 0) is 11.3 Å². The Morgan fingerprint density at radius 3 is 2.73 bits per heavy atom. The molecule has 0 aliphatic carbocycles. The van der Waals surface area contributed by atoms with Crippen LogP contribution in [0, 0.1) is 5.82 Å². The number of carbonyl (C=O) groups is 1. The number of methoxy groups -OCH3 is 1. The average molecular weight is 302 g/mol. The number of halogens is 1. The van der Waals surface area contributed by atoms with Gasteiger partial charge in [0.1, 0.15) is 18.2 Å². The molecule has 5 nitrogen and oxygen atoms in total. The Kier molecular flexibility index (Phi) is 5.48. The topological polar surface area (TPSA) is 59.9 Å². The van der Waals surface area contributed by atoms with Crippen molar-refractivity contribution in [1.29, 1.82) is 0 Å². The summed E-state index contributed by atoms with van der Waals surface area (Å²) in [6.07, 6.45) is 0.758. The van der Waals surface area contributed by atoms with Crippen LogP contribution in [0.3, 0.4) is 0 Å². The van der Waals surface area contributed by atoms with Gasteiger partial charge in [0.05, 0.1) is 13.3 Å². The monoisotopic (exact) mass is 302 g/mol. The van der Waals surface area contributed by atoms with E-state index in [4.69, 9.17) is 4.74 Å². The third-order valence-electron chi connectivity index (χ3n) is 2.80. The molecule has 1 N–H and O–H groups in total. The van der Waals surface area contributed by atoms with Gasteiger partial charge in [-0.25, -0.2) is 14.6 Å². The molecule has 2 rings (SSSR count). The second kappa shape index (κ2) is 7.78. The molecule has 0 aliphatic heterocycles. The van der Waals surface area contributed by atoms with Gasteiger partial charge in [-0.2, -0.15) is 5.10 Å². The number of amides is 1. The van der Waals surface area contributed by atoms with Crippen LogP contribution >= 0.6 is 0 Å². The van der Waals surface area contributed by atoms with E-state index in [1.54, 1.807) is 42.5 Å². The lowest BCUT2D eigenvalue weighted by atomic mass is 10.2. The third-order valence-corrected chi connectivity index (χ3v) is 2.80. The van der Waals surface area contributed by atoms with Gasteiger partial charge in [-0.05, 0) is 18.2 Å². The minimum absolute atomic E-state index is 0.0992. The van der Waals surface area contributed by atoms with Gasteiger partial charge in [0, 0.05) is 11.1 Å². The lowest BCUT2D eigenvalue weighted by Gasteiger charge is -2.09.